The molecule has 0 bridgehead atoms. The first-order chi connectivity index (χ1) is 16.4. The van der Waals surface area contributed by atoms with E-state index in [1.807, 2.05) is 0 Å². The van der Waals surface area contributed by atoms with E-state index in [1.165, 1.54) is 48.9 Å². The van der Waals surface area contributed by atoms with Gasteiger partial charge in [-0.05, 0) is 96.3 Å². The Morgan fingerprint density at radius 2 is 1.74 bits per heavy atom. The quantitative estimate of drug-likeness (QED) is 0.360. The number of allylic oxidation sites excluding steroid dienone is 1. The molecule has 0 radical (unpaired) electrons. The second-order valence-corrected chi connectivity index (χ2v) is 9.84. The lowest BCUT2D eigenvalue weighted by molar-refractivity contribution is 0.119. The first-order valence-electron chi connectivity index (χ1n) is 13.3. The SMILES string of the molecule is C=C(C)c1cc(C#CCN(CC)CCC)cc(N(CC)C2CCC(N(C)CCOC)CC2)c1C. The lowest BCUT2D eigenvalue weighted by atomic mass is 9.88. The van der Waals surface area contributed by atoms with Crippen molar-refractivity contribution in [1.82, 2.24) is 9.80 Å². The van der Waals surface area contributed by atoms with Crippen molar-refractivity contribution in [3.63, 3.8) is 0 Å². The largest absolute Gasteiger partial charge is 0.383 e. The Labute approximate surface area is 210 Å². The molecule has 1 aromatic carbocycles. The summed E-state index contributed by atoms with van der Waals surface area (Å²) in [5, 5.41) is 0. The highest BCUT2D eigenvalue weighted by atomic mass is 16.5. The fourth-order valence-electron chi connectivity index (χ4n) is 5.29. The standard InChI is InChI=1S/C30H49N3O/c1-9-18-32(10-2)19-12-13-26-22-29(24(4)5)25(6)30(23-26)33(11-3)28-16-14-27(15-17-28)31(7)20-21-34-8/h22-23,27-28H,4,9-11,14-21H2,1-3,5-8H3. The lowest BCUT2D eigenvalue weighted by Crippen LogP contribution is -2.44. The van der Waals surface area contributed by atoms with Gasteiger partial charge in [0.05, 0.1) is 13.2 Å². The molecule has 1 saturated carbocycles. The number of ether oxygens (including phenoxy) is 1. The van der Waals surface area contributed by atoms with E-state index < -0.39 is 0 Å². The van der Waals surface area contributed by atoms with E-state index in [1.54, 1.807) is 7.11 Å². The van der Waals surface area contributed by atoms with Gasteiger partial charge in [0.2, 0.25) is 0 Å². The van der Waals surface area contributed by atoms with Crippen LogP contribution >= 0.6 is 0 Å². The van der Waals surface area contributed by atoms with Gasteiger partial charge in [-0.25, -0.2) is 0 Å². The summed E-state index contributed by atoms with van der Waals surface area (Å²) in [6.45, 7) is 21.2. The van der Waals surface area contributed by atoms with Crippen molar-refractivity contribution in [2.75, 3.05) is 58.4 Å². The molecule has 0 spiro atoms. The van der Waals surface area contributed by atoms with Crippen LogP contribution in [0.5, 0.6) is 0 Å². The number of hydrogen-bond donors (Lipinski definition) is 0. The number of likely N-dealkylation sites (N-methyl/N-ethyl adjacent to an activating group) is 1. The van der Waals surface area contributed by atoms with Gasteiger partial charge in [-0.3, -0.25) is 4.90 Å². The molecule has 0 saturated heterocycles. The maximum Gasteiger partial charge on any atom is 0.0605 e. The number of nitrogens with zero attached hydrogens (tertiary/aromatic N) is 3. The highest BCUT2D eigenvalue weighted by Crippen LogP contribution is 2.34. The van der Waals surface area contributed by atoms with Crippen LogP contribution in [0.15, 0.2) is 18.7 Å². The fourth-order valence-corrected chi connectivity index (χ4v) is 5.29. The van der Waals surface area contributed by atoms with Crippen LogP contribution in [0.1, 0.15) is 76.5 Å². The summed E-state index contributed by atoms with van der Waals surface area (Å²) in [5.74, 6) is 6.91. The molecule has 190 valence electrons. The third-order valence-electron chi connectivity index (χ3n) is 7.39. The summed E-state index contributed by atoms with van der Waals surface area (Å²) in [7, 11) is 4.03. The third kappa shape index (κ3) is 7.87. The van der Waals surface area contributed by atoms with Gasteiger partial charge < -0.3 is 14.5 Å². The van der Waals surface area contributed by atoms with E-state index in [4.69, 9.17) is 4.74 Å². The minimum Gasteiger partial charge on any atom is -0.383 e. The normalized spacial score (nSPS) is 18.1. The molecule has 0 aliphatic heterocycles. The molecule has 2 rings (SSSR count). The topological polar surface area (TPSA) is 19.0 Å². The second kappa shape index (κ2) is 14.6. The molecular formula is C30H49N3O. The Balaban J connectivity index is 2.24. The van der Waals surface area contributed by atoms with Gasteiger partial charge in [-0.2, -0.15) is 0 Å². The summed E-state index contributed by atoms with van der Waals surface area (Å²) in [6.07, 6.45) is 6.13. The number of rotatable bonds is 12. The van der Waals surface area contributed by atoms with Crippen molar-refractivity contribution in [2.24, 2.45) is 0 Å². The Bertz CT molecular complexity index is 829. The zero-order chi connectivity index (χ0) is 25.1. The predicted octanol–water partition coefficient (Wildman–Crippen LogP) is 5.83. The molecule has 0 amide bonds. The Morgan fingerprint density at radius 3 is 2.29 bits per heavy atom. The fraction of sp³-hybridized carbons (Fsp3) is 0.667. The van der Waals surface area contributed by atoms with Crippen LogP contribution in [-0.2, 0) is 4.74 Å². The van der Waals surface area contributed by atoms with Crippen molar-refractivity contribution < 1.29 is 4.74 Å². The first-order valence-corrected chi connectivity index (χ1v) is 13.3. The Kier molecular flexibility index (Phi) is 12.2. The predicted molar refractivity (Wildman–Crippen MR) is 149 cm³/mol. The van der Waals surface area contributed by atoms with Crippen molar-refractivity contribution >= 4 is 11.3 Å². The van der Waals surface area contributed by atoms with Crippen LogP contribution in [0.2, 0.25) is 0 Å². The first kappa shape index (κ1) is 28.4. The molecule has 0 heterocycles. The van der Waals surface area contributed by atoms with Crippen LogP contribution in [0.4, 0.5) is 5.69 Å². The number of anilines is 1. The number of hydrogen-bond acceptors (Lipinski definition) is 4. The molecule has 4 nitrogen and oxygen atoms in total. The smallest absolute Gasteiger partial charge is 0.0605 e. The van der Waals surface area contributed by atoms with Crippen molar-refractivity contribution in [3.05, 3.63) is 35.4 Å². The summed E-state index contributed by atoms with van der Waals surface area (Å²) >= 11 is 0. The summed E-state index contributed by atoms with van der Waals surface area (Å²) in [5.41, 5.74) is 6.14. The van der Waals surface area contributed by atoms with E-state index in [2.05, 4.69) is 86.9 Å². The van der Waals surface area contributed by atoms with E-state index in [0.717, 1.165) is 50.5 Å². The minimum atomic E-state index is 0.581. The van der Waals surface area contributed by atoms with Crippen molar-refractivity contribution in [1.29, 1.82) is 0 Å². The van der Waals surface area contributed by atoms with Crippen molar-refractivity contribution in [3.8, 4) is 11.8 Å². The Morgan fingerprint density at radius 1 is 1.06 bits per heavy atom. The molecule has 0 atom stereocenters. The summed E-state index contributed by atoms with van der Waals surface area (Å²) in [6, 6.07) is 5.81. The van der Waals surface area contributed by atoms with Crippen LogP contribution in [0.25, 0.3) is 5.57 Å². The van der Waals surface area contributed by atoms with Crippen LogP contribution < -0.4 is 4.90 Å². The molecule has 34 heavy (non-hydrogen) atoms. The zero-order valence-corrected chi connectivity index (χ0v) is 23.0. The molecule has 1 aromatic rings. The third-order valence-corrected chi connectivity index (χ3v) is 7.39. The molecule has 0 aromatic heterocycles. The number of benzene rings is 1. The van der Waals surface area contributed by atoms with Crippen LogP contribution in [-0.4, -0.2) is 75.4 Å². The molecule has 0 N–H and O–H groups in total. The van der Waals surface area contributed by atoms with Gasteiger partial charge in [-0.1, -0.05) is 37.8 Å². The van der Waals surface area contributed by atoms with Gasteiger partial charge in [0.15, 0.2) is 0 Å². The highest BCUT2D eigenvalue weighted by molar-refractivity contribution is 5.73. The highest BCUT2D eigenvalue weighted by Gasteiger charge is 2.28. The van der Waals surface area contributed by atoms with E-state index in [0.29, 0.717) is 12.1 Å². The molecule has 1 aliphatic carbocycles. The van der Waals surface area contributed by atoms with Gasteiger partial charge in [0.1, 0.15) is 0 Å². The average molecular weight is 468 g/mol. The average Bonchev–Trinajstić information content (AvgIpc) is 2.84. The van der Waals surface area contributed by atoms with Crippen LogP contribution in [0, 0.1) is 18.8 Å². The maximum atomic E-state index is 5.28. The second-order valence-electron chi connectivity index (χ2n) is 9.84. The number of methoxy groups -OCH3 is 1. The van der Waals surface area contributed by atoms with Gasteiger partial charge >= 0.3 is 0 Å². The van der Waals surface area contributed by atoms with Crippen molar-refractivity contribution in [2.45, 2.75) is 78.8 Å². The molecule has 4 heteroatoms. The summed E-state index contributed by atoms with van der Waals surface area (Å²) < 4.78 is 5.28. The monoisotopic (exact) mass is 467 g/mol. The van der Waals surface area contributed by atoms with Crippen LogP contribution in [0.3, 0.4) is 0 Å². The maximum absolute atomic E-state index is 5.28. The molecule has 1 fully saturated rings. The van der Waals surface area contributed by atoms with Gasteiger partial charge in [0, 0.05) is 43.5 Å². The lowest BCUT2D eigenvalue weighted by Gasteiger charge is -2.41. The molecule has 0 unspecified atom stereocenters. The van der Waals surface area contributed by atoms with E-state index in [-0.39, 0.29) is 0 Å². The molecule has 1 aliphatic rings. The van der Waals surface area contributed by atoms with Gasteiger partial charge in [0.25, 0.3) is 0 Å². The van der Waals surface area contributed by atoms with E-state index in [9.17, 15) is 0 Å². The van der Waals surface area contributed by atoms with Gasteiger partial charge in [-0.15, -0.1) is 0 Å². The minimum absolute atomic E-state index is 0.581. The molecular weight excluding hydrogens is 418 g/mol. The Hall–Kier alpha value is -1.80. The zero-order valence-electron chi connectivity index (χ0n) is 23.0. The van der Waals surface area contributed by atoms with E-state index >= 15 is 0 Å². The summed E-state index contributed by atoms with van der Waals surface area (Å²) in [4.78, 5) is 7.52.